The number of likely N-dealkylation sites (N-methyl/N-ethyl adjacent to an activating group) is 1. The van der Waals surface area contributed by atoms with Crippen LogP contribution in [0.5, 0.6) is 0 Å². The van der Waals surface area contributed by atoms with E-state index >= 15 is 0 Å². The molecule has 3 heterocycles. The number of nitrogens with zero attached hydrogens (tertiary/aromatic N) is 4. The lowest BCUT2D eigenvalue weighted by Gasteiger charge is -2.37. The first-order chi connectivity index (χ1) is 32.2. The van der Waals surface area contributed by atoms with E-state index < -0.39 is 12.1 Å². The SMILES string of the molecule is CN[C@@H](C)C(=O)N[C@H](C(=O)N1CCC[C@H]1CN(CCc1ccccc1)C(=O)c1csc(-c2ccc(-c3ccc(-c4nc(C(=O)NCCc5ccccc5)cs4)cc3)cc2)n1)C1CCCCC1. The van der Waals surface area contributed by atoms with Gasteiger partial charge >= 0.3 is 0 Å². The molecule has 1 saturated carbocycles. The molecule has 1 aliphatic heterocycles. The molecule has 1 aliphatic carbocycles. The van der Waals surface area contributed by atoms with E-state index in [-0.39, 0.29) is 35.6 Å². The van der Waals surface area contributed by atoms with Gasteiger partial charge in [0, 0.05) is 54.1 Å². The minimum Gasteiger partial charge on any atom is -0.350 e. The Morgan fingerprint density at radius 2 is 1.26 bits per heavy atom. The number of carbonyl (C=O) groups excluding carboxylic acids is 4. The number of hydrogen-bond donors (Lipinski definition) is 3. The molecule has 2 aromatic heterocycles. The molecule has 11 nitrogen and oxygen atoms in total. The zero-order valence-corrected chi connectivity index (χ0v) is 39.4. The summed E-state index contributed by atoms with van der Waals surface area (Å²) in [5.74, 6) is -0.425. The predicted molar refractivity (Wildman–Crippen MR) is 264 cm³/mol. The van der Waals surface area contributed by atoms with Gasteiger partial charge in [-0.25, -0.2) is 9.97 Å². The van der Waals surface area contributed by atoms with Gasteiger partial charge in [0.1, 0.15) is 27.4 Å². The summed E-state index contributed by atoms with van der Waals surface area (Å²) in [4.78, 5) is 68.2. The predicted octanol–water partition coefficient (Wildman–Crippen LogP) is 8.92. The molecule has 2 fully saturated rings. The topological polar surface area (TPSA) is 137 Å². The Morgan fingerprint density at radius 1 is 0.697 bits per heavy atom. The van der Waals surface area contributed by atoms with E-state index in [0.717, 1.165) is 89.2 Å². The van der Waals surface area contributed by atoms with Crippen molar-refractivity contribution in [3.8, 4) is 32.3 Å². The molecule has 4 aromatic carbocycles. The maximum atomic E-state index is 14.5. The van der Waals surface area contributed by atoms with Crippen LogP contribution in [-0.2, 0) is 22.4 Å². The van der Waals surface area contributed by atoms with Crippen molar-refractivity contribution in [2.45, 2.75) is 82.8 Å². The van der Waals surface area contributed by atoms with E-state index in [2.05, 4.69) is 69.5 Å². The van der Waals surface area contributed by atoms with E-state index in [0.29, 0.717) is 44.0 Å². The number of rotatable bonds is 18. The van der Waals surface area contributed by atoms with E-state index in [1.807, 2.05) is 82.8 Å². The lowest BCUT2D eigenvalue weighted by atomic mass is 9.83. The largest absolute Gasteiger partial charge is 0.350 e. The highest BCUT2D eigenvalue weighted by Crippen LogP contribution is 2.32. The van der Waals surface area contributed by atoms with E-state index in [1.54, 1.807) is 12.4 Å². The van der Waals surface area contributed by atoms with E-state index in [9.17, 15) is 19.2 Å². The number of amides is 4. The molecule has 6 aromatic rings. The Balaban J connectivity index is 0.924. The zero-order valence-electron chi connectivity index (χ0n) is 37.8. The molecule has 3 N–H and O–H groups in total. The fourth-order valence-corrected chi connectivity index (χ4v) is 10.6. The van der Waals surface area contributed by atoms with Crippen molar-refractivity contribution >= 4 is 46.3 Å². The summed E-state index contributed by atoms with van der Waals surface area (Å²) in [6, 6.07) is 35.5. The second kappa shape index (κ2) is 22.4. The number of hydrogen-bond acceptors (Lipinski definition) is 9. The van der Waals surface area contributed by atoms with Crippen LogP contribution in [0, 0.1) is 5.92 Å². The maximum absolute atomic E-state index is 14.5. The second-order valence-electron chi connectivity index (χ2n) is 17.4. The fraction of sp³-hybridized carbons (Fsp3) is 0.358. The summed E-state index contributed by atoms with van der Waals surface area (Å²) in [6.45, 7) is 3.84. The molecule has 8 rings (SSSR count). The van der Waals surface area contributed by atoms with Crippen molar-refractivity contribution in [3.05, 3.63) is 142 Å². The minimum absolute atomic E-state index is 0.0309. The average molecular weight is 922 g/mol. The van der Waals surface area contributed by atoms with Gasteiger partial charge in [0.25, 0.3) is 11.8 Å². The van der Waals surface area contributed by atoms with Gasteiger partial charge in [-0.15, -0.1) is 22.7 Å². The lowest BCUT2D eigenvalue weighted by Crippen LogP contribution is -2.57. The Hall–Kier alpha value is -6.02. The van der Waals surface area contributed by atoms with Crippen molar-refractivity contribution in [1.29, 1.82) is 0 Å². The van der Waals surface area contributed by atoms with Crippen LogP contribution in [0.3, 0.4) is 0 Å². The van der Waals surface area contributed by atoms with Crippen LogP contribution in [0.1, 0.15) is 84.0 Å². The van der Waals surface area contributed by atoms with E-state index in [4.69, 9.17) is 4.98 Å². The van der Waals surface area contributed by atoms with Crippen molar-refractivity contribution in [2.75, 3.05) is 33.2 Å². The lowest BCUT2D eigenvalue weighted by molar-refractivity contribution is -0.139. The fourth-order valence-electron chi connectivity index (χ4n) is 9.03. The van der Waals surface area contributed by atoms with Gasteiger partial charge in [0.15, 0.2) is 0 Å². The number of benzene rings is 4. The van der Waals surface area contributed by atoms with Crippen LogP contribution >= 0.6 is 22.7 Å². The molecule has 0 unspecified atom stereocenters. The summed E-state index contributed by atoms with van der Waals surface area (Å²) in [5.41, 5.74) is 7.07. The van der Waals surface area contributed by atoms with Crippen LogP contribution in [0.4, 0.5) is 0 Å². The van der Waals surface area contributed by atoms with Crippen LogP contribution in [0.15, 0.2) is 120 Å². The molecule has 342 valence electrons. The van der Waals surface area contributed by atoms with Gasteiger partial charge in [-0.2, -0.15) is 0 Å². The summed E-state index contributed by atoms with van der Waals surface area (Å²) in [5, 5.41) is 14.3. The molecule has 3 atom stereocenters. The van der Waals surface area contributed by atoms with Crippen molar-refractivity contribution in [2.24, 2.45) is 5.92 Å². The molecule has 0 spiro atoms. The van der Waals surface area contributed by atoms with Crippen molar-refractivity contribution in [3.63, 3.8) is 0 Å². The van der Waals surface area contributed by atoms with Gasteiger partial charge in [0.05, 0.1) is 6.04 Å². The first-order valence-electron chi connectivity index (χ1n) is 23.3. The molecule has 0 bridgehead atoms. The minimum atomic E-state index is -0.580. The zero-order chi connectivity index (χ0) is 45.8. The summed E-state index contributed by atoms with van der Waals surface area (Å²) in [7, 11) is 1.75. The van der Waals surface area contributed by atoms with Crippen LogP contribution in [-0.4, -0.2) is 94.7 Å². The molecule has 1 saturated heterocycles. The molecule has 13 heteroatoms. The Morgan fingerprint density at radius 3 is 1.86 bits per heavy atom. The Bertz CT molecular complexity index is 2540. The highest BCUT2D eigenvalue weighted by Gasteiger charge is 2.39. The Kier molecular flexibility index (Phi) is 15.8. The van der Waals surface area contributed by atoms with Gasteiger partial charge in [0.2, 0.25) is 11.8 Å². The standard InChI is InChI=1S/C53H59N7O4S2/c1-36(54-2)48(61)58-47(41-17-10-5-11-18-41)53(64)60-31-12-19-44(60)33-59(32-29-38-15-8-4-9-16-38)52(63)46-35-66-51(57-46)43-26-22-40(23-27-43)39-20-24-42(25-21-39)50-56-45(34-65-50)49(62)55-30-28-37-13-6-3-7-14-37/h3-4,6-9,13-16,20-27,34-36,41,44,47,54H,5,10-12,17-19,28-33H2,1-2H3,(H,55,62)(H,58,61)/t36-,44-,47-/m0/s1. The van der Waals surface area contributed by atoms with Gasteiger partial charge in [-0.05, 0) is 80.7 Å². The summed E-state index contributed by atoms with van der Waals surface area (Å²) < 4.78 is 0. The number of aromatic nitrogens is 2. The molecule has 4 amide bonds. The Labute approximate surface area is 396 Å². The number of carbonyl (C=O) groups is 4. The first-order valence-corrected chi connectivity index (χ1v) is 25.1. The maximum Gasteiger partial charge on any atom is 0.273 e. The first kappa shape index (κ1) is 46.5. The quantitative estimate of drug-likeness (QED) is 0.0784. The third-order valence-corrected chi connectivity index (χ3v) is 14.8. The normalized spacial score (nSPS) is 16.1. The van der Waals surface area contributed by atoms with Crippen LogP contribution in [0.2, 0.25) is 0 Å². The summed E-state index contributed by atoms with van der Waals surface area (Å²) >= 11 is 2.90. The van der Waals surface area contributed by atoms with Gasteiger partial charge in [-0.1, -0.05) is 128 Å². The van der Waals surface area contributed by atoms with Gasteiger partial charge in [-0.3, -0.25) is 19.2 Å². The average Bonchev–Trinajstić information content (AvgIpc) is 4.18. The van der Waals surface area contributed by atoms with Crippen LogP contribution in [0.25, 0.3) is 32.3 Å². The third-order valence-electron chi connectivity index (χ3n) is 13.0. The molecular weight excluding hydrogens is 863 g/mol. The number of thiazole rings is 2. The highest BCUT2D eigenvalue weighted by molar-refractivity contribution is 7.13. The number of likely N-dealkylation sites (tertiary alicyclic amines) is 1. The smallest absolute Gasteiger partial charge is 0.273 e. The highest BCUT2D eigenvalue weighted by atomic mass is 32.1. The molecule has 66 heavy (non-hydrogen) atoms. The monoisotopic (exact) mass is 921 g/mol. The van der Waals surface area contributed by atoms with Crippen LogP contribution < -0.4 is 16.0 Å². The molecule has 0 radical (unpaired) electrons. The summed E-state index contributed by atoms with van der Waals surface area (Å²) in [6.07, 6.45) is 8.17. The molecular formula is C53H59N7O4S2. The third kappa shape index (κ3) is 11.7. The second-order valence-corrected chi connectivity index (χ2v) is 19.1. The van der Waals surface area contributed by atoms with Crippen molar-refractivity contribution in [1.82, 2.24) is 35.7 Å². The molecule has 2 aliphatic rings. The number of nitrogens with one attached hydrogen (secondary N) is 3. The van der Waals surface area contributed by atoms with Gasteiger partial charge < -0.3 is 25.8 Å². The van der Waals surface area contributed by atoms with Crippen molar-refractivity contribution < 1.29 is 19.2 Å². The van der Waals surface area contributed by atoms with E-state index in [1.165, 1.54) is 28.2 Å².